The van der Waals surface area contributed by atoms with Crippen LogP contribution in [0.25, 0.3) is 95.0 Å². The van der Waals surface area contributed by atoms with Gasteiger partial charge in [-0.1, -0.05) is 158 Å². The number of nitrogens with zero attached hydrogens (tertiary/aromatic N) is 4. The molecule has 2 heterocycles. The van der Waals surface area contributed by atoms with Gasteiger partial charge >= 0.3 is 0 Å². The second-order valence-electron chi connectivity index (χ2n) is 14.4. The minimum Gasteiger partial charge on any atom is -0.309 e. The second kappa shape index (κ2) is 13.2. The molecule has 1 aliphatic rings. The molecular formula is C52H34N4. The third kappa shape index (κ3) is 5.34. The van der Waals surface area contributed by atoms with E-state index >= 15 is 0 Å². The van der Waals surface area contributed by atoms with Crippen molar-refractivity contribution in [2.45, 2.75) is 6.42 Å². The summed E-state index contributed by atoms with van der Waals surface area (Å²) in [4.78, 5) is 15.5. The predicted octanol–water partition coefficient (Wildman–Crippen LogP) is 12.9. The summed E-state index contributed by atoms with van der Waals surface area (Å²) in [5.74, 6) is 1.94. The zero-order valence-electron chi connectivity index (χ0n) is 30.5. The Balaban J connectivity index is 1.13. The summed E-state index contributed by atoms with van der Waals surface area (Å²) in [6.07, 6.45) is 0.837. The quantitative estimate of drug-likeness (QED) is 0.172. The molecule has 4 nitrogen and oxygen atoms in total. The van der Waals surface area contributed by atoms with Crippen LogP contribution in [0, 0.1) is 0 Å². The van der Waals surface area contributed by atoms with Gasteiger partial charge in [0.05, 0.1) is 11.0 Å². The Morgan fingerprint density at radius 2 is 0.911 bits per heavy atom. The lowest BCUT2D eigenvalue weighted by atomic mass is 9.90. The van der Waals surface area contributed by atoms with Gasteiger partial charge in [-0.15, -0.1) is 0 Å². The number of rotatable bonds is 6. The van der Waals surface area contributed by atoms with Gasteiger partial charge in [-0.3, -0.25) is 0 Å². The number of hydrogen-bond donors (Lipinski definition) is 0. The number of fused-ring (bicyclic) bond motifs is 6. The van der Waals surface area contributed by atoms with Gasteiger partial charge in [0.25, 0.3) is 0 Å². The Hall–Kier alpha value is -7.43. The molecule has 0 atom stereocenters. The van der Waals surface area contributed by atoms with Crippen LogP contribution in [0.1, 0.15) is 11.1 Å². The molecule has 0 spiro atoms. The second-order valence-corrected chi connectivity index (χ2v) is 14.4. The molecule has 0 bridgehead atoms. The smallest absolute Gasteiger partial charge is 0.164 e. The molecule has 0 aliphatic heterocycles. The summed E-state index contributed by atoms with van der Waals surface area (Å²) in [5, 5.41) is 2.54. The lowest BCUT2D eigenvalue weighted by Crippen LogP contribution is -2.02. The van der Waals surface area contributed by atoms with E-state index < -0.39 is 0 Å². The van der Waals surface area contributed by atoms with Crippen LogP contribution < -0.4 is 0 Å². The van der Waals surface area contributed by atoms with Gasteiger partial charge in [0, 0.05) is 33.2 Å². The van der Waals surface area contributed by atoms with Gasteiger partial charge in [0.1, 0.15) is 0 Å². The van der Waals surface area contributed by atoms with Crippen molar-refractivity contribution in [1.29, 1.82) is 0 Å². The third-order valence-corrected chi connectivity index (χ3v) is 11.1. The van der Waals surface area contributed by atoms with Crippen molar-refractivity contribution in [3.8, 4) is 73.2 Å². The van der Waals surface area contributed by atoms with Crippen molar-refractivity contribution >= 4 is 21.8 Å². The van der Waals surface area contributed by atoms with Gasteiger partial charge in [-0.25, -0.2) is 15.0 Å². The van der Waals surface area contributed by atoms with Crippen LogP contribution >= 0.6 is 0 Å². The highest BCUT2D eigenvalue weighted by atomic mass is 15.0. The first-order chi connectivity index (χ1) is 27.8. The molecular weight excluding hydrogens is 681 g/mol. The van der Waals surface area contributed by atoms with Crippen molar-refractivity contribution in [3.05, 3.63) is 205 Å². The summed E-state index contributed by atoms with van der Waals surface area (Å²) >= 11 is 0. The topological polar surface area (TPSA) is 43.6 Å². The van der Waals surface area contributed by atoms with E-state index in [1.807, 2.05) is 36.4 Å². The average molecular weight is 715 g/mol. The number of hydrogen-bond acceptors (Lipinski definition) is 3. The highest BCUT2D eigenvalue weighted by Gasteiger charge is 2.26. The Labute approximate surface area is 325 Å². The van der Waals surface area contributed by atoms with Gasteiger partial charge in [-0.2, -0.15) is 0 Å². The zero-order chi connectivity index (χ0) is 37.0. The average Bonchev–Trinajstić information content (AvgIpc) is 3.81. The van der Waals surface area contributed by atoms with Crippen molar-refractivity contribution in [2.75, 3.05) is 0 Å². The number of aromatic nitrogens is 4. The van der Waals surface area contributed by atoms with Crippen LogP contribution in [0.2, 0.25) is 0 Å². The Morgan fingerprint density at radius 3 is 1.59 bits per heavy atom. The van der Waals surface area contributed by atoms with E-state index in [4.69, 9.17) is 15.0 Å². The zero-order valence-corrected chi connectivity index (χ0v) is 30.5. The normalized spacial score (nSPS) is 11.9. The van der Waals surface area contributed by atoms with E-state index in [1.54, 1.807) is 0 Å². The number of para-hydroxylation sites is 2. The Kier molecular flexibility index (Phi) is 7.52. The summed E-state index contributed by atoms with van der Waals surface area (Å²) in [6, 6.07) is 68.7. The molecule has 0 saturated carbocycles. The fourth-order valence-electron chi connectivity index (χ4n) is 8.49. The molecule has 0 saturated heterocycles. The van der Waals surface area contributed by atoms with Crippen LogP contribution in [0.15, 0.2) is 194 Å². The molecule has 0 fully saturated rings. The molecule has 0 N–H and O–H groups in total. The largest absolute Gasteiger partial charge is 0.309 e. The highest BCUT2D eigenvalue weighted by molar-refractivity contribution is 6.11. The van der Waals surface area contributed by atoms with Gasteiger partial charge in [-0.05, 0) is 87.3 Å². The predicted molar refractivity (Wildman–Crippen MR) is 230 cm³/mol. The fourth-order valence-corrected chi connectivity index (χ4v) is 8.49. The minimum atomic E-state index is 0.646. The maximum absolute atomic E-state index is 5.23. The standard InChI is InChI=1S/C52H34N4/c1-5-16-34(17-6-1)37-28-29-42(47(30-37)52-54-50(35-18-7-2-8-19-35)53-51(55-52)36-20-9-3-10-21-36)40-25-15-26-41-44-33-49-46(32-38(44)31-45(40)41)43-24-13-14-27-48(43)56(49)39-22-11-4-12-23-39/h1-30,32-33H,31H2. The third-order valence-electron chi connectivity index (χ3n) is 11.1. The maximum Gasteiger partial charge on any atom is 0.164 e. The van der Waals surface area contributed by atoms with E-state index in [2.05, 4.69) is 162 Å². The summed E-state index contributed by atoms with van der Waals surface area (Å²) in [7, 11) is 0. The van der Waals surface area contributed by atoms with Crippen LogP contribution in [0.4, 0.5) is 0 Å². The molecule has 10 aromatic rings. The van der Waals surface area contributed by atoms with E-state index in [0.717, 1.165) is 45.5 Å². The first-order valence-electron chi connectivity index (χ1n) is 19.1. The summed E-state index contributed by atoms with van der Waals surface area (Å²) in [6.45, 7) is 0. The van der Waals surface area contributed by atoms with Crippen molar-refractivity contribution in [3.63, 3.8) is 0 Å². The monoisotopic (exact) mass is 714 g/mol. The van der Waals surface area contributed by atoms with Gasteiger partial charge in [0.2, 0.25) is 0 Å². The molecule has 56 heavy (non-hydrogen) atoms. The van der Waals surface area contributed by atoms with E-state index in [9.17, 15) is 0 Å². The molecule has 4 heteroatoms. The molecule has 0 unspecified atom stereocenters. The minimum absolute atomic E-state index is 0.646. The van der Waals surface area contributed by atoms with Crippen molar-refractivity contribution in [2.24, 2.45) is 0 Å². The summed E-state index contributed by atoms with van der Waals surface area (Å²) < 4.78 is 2.41. The lowest BCUT2D eigenvalue weighted by molar-refractivity contribution is 1.07. The van der Waals surface area contributed by atoms with Crippen LogP contribution in [-0.4, -0.2) is 19.5 Å². The molecule has 2 aromatic heterocycles. The first-order valence-corrected chi connectivity index (χ1v) is 19.1. The van der Waals surface area contributed by atoms with Crippen LogP contribution in [0.5, 0.6) is 0 Å². The fraction of sp³-hybridized carbons (Fsp3) is 0.0192. The lowest BCUT2D eigenvalue weighted by Gasteiger charge is -2.16. The first kappa shape index (κ1) is 32.0. The van der Waals surface area contributed by atoms with Gasteiger partial charge < -0.3 is 4.57 Å². The number of benzene rings is 8. The van der Waals surface area contributed by atoms with E-state index in [-0.39, 0.29) is 0 Å². The van der Waals surface area contributed by atoms with Crippen molar-refractivity contribution in [1.82, 2.24) is 19.5 Å². The van der Waals surface area contributed by atoms with Crippen LogP contribution in [0.3, 0.4) is 0 Å². The summed E-state index contributed by atoms with van der Waals surface area (Å²) in [5.41, 5.74) is 16.2. The molecule has 1 aliphatic carbocycles. The van der Waals surface area contributed by atoms with Crippen molar-refractivity contribution < 1.29 is 0 Å². The maximum atomic E-state index is 5.23. The molecule has 262 valence electrons. The molecule has 0 radical (unpaired) electrons. The Morgan fingerprint density at radius 1 is 0.339 bits per heavy atom. The van der Waals surface area contributed by atoms with E-state index in [1.165, 1.54) is 49.6 Å². The van der Waals surface area contributed by atoms with E-state index in [0.29, 0.717) is 17.5 Å². The Bertz CT molecular complexity index is 3020. The SMILES string of the molecule is c1ccc(-c2ccc(-c3cccc4c3Cc3cc5c6ccccc6n(-c6ccccc6)c5cc3-4)c(-c3nc(-c4ccccc4)nc(-c4ccccc4)n3)c2)cc1. The highest BCUT2D eigenvalue weighted by Crippen LogP contribution is 2.47. The molecule has 0 amide bonds. The molecule has 8 aromatic carbocycles. The van der Waals surface area contributed by atoms with Gasteiger partial charge in [0.15, 0.2) is 17.5 Å². The van der Waals surface area contributed by atoms with Crippen LogP contribution in [-0.2, 0) is 6.42 Å². The molecule has 11 rings (SSSR count).